The van der Waals surface area contributed by atoms with Gasteiger partial charge in [0, 0.05) is 24.5 Å². The van der Waals surface area contributed by atoms with E-state index in [0.717, 1.165) is 12.0 Å². The first-order valence-corrected chi connectivity index (χ1v) is 5.78. The van der Waals surface area contributed by atoms with Crippen LogP contribution in [-0.4, -0.2) is 27.1 Å². The molecule has 1 aromatic rings. The maximum atomic E-state index is 11.1. The molecule has 1 aromatic heterocycles. The molecular weight excluding hydrogens is 218 g/mol. The van der Waals surface area contributed by atoms with Crippen molar-refractivity contribution in [3.8, 4) is 0 Å². The molecule has 0 radical (unpaired) electrons. The Morgan fingerprint density at radius 1 is 1.47 bits per heavy atom. The smallest absolute Gasteiger partial charge is 0.320 e. The molecule has 0 saturated heterocycles. The molecule has 0 aliphatic rings. The predicted molar refractivity (Wildman–Crippen MR) is 64.5 cm³/mol. The Morgan fingerprint density at radius 3 is 2.53 bits per heavy atom. The van der Waals surface area contributed by atoms with E-state index in [-0.39, 0.29) is 5.92 Å². The van der Waals surface area contributed by atoms with Crippen LogP contribution < -0.4 is 5.32 Å². The van der Waals surface area contributed by atoms with Crippen LogP contribution in [0.5, 0.6) is 0 Å². The number of aliphatic carboxylic acids is 1. The summed E-state index contributed by atoms with van der Waals surface area (Å²) in [6.45, 7) is 6.20. The quantitative estimate of drug-likeness (QED) is 0.781. The van der Waals surface area contributed by atoms with Crippen LogP contribution in [0.15, 0.2) is 12.4 Å². The fraction of sp³-hybridized carbons (Fsp3) is 0.583. The molecule has 5 nitrogen and oxygen atoms in total. The first-order valence-electron chi connectivity index (χ1n) is 5.78. The molecule has 0 aromatic carbocycles. The van der Waals surface area contributed by atoms with Gasteiger partial charge in [0.1, 0.15) is 11.9 Å². The fourth-order valence-corrected chi connectivity index (χ4v) is 1.51. The van der Waals surface area contributed by atoms with Gasteiger partial charge in [0.05, 0.1) is 0 Å². The topological polar surface area (TPSA) is 75.1 Å². The SMILES string of the molecule is CC[C@@H](C)[C@H](NCc1cnc(C)nc1)C(=O)O. The molecule has 0 unspecified atom stereocenters. The molecule has 1 heterocycles. The van der Waals surface area contributed by atoms with Crippen molar-refractivity contribution >= 4 is 5.97 Å². The van der Waals surface area contributed by atoms with Gasteiger partial charge in [-0.1, -0.05) is 20.3 Å². The fourth-order valence-electron chi connectivity index (χ4n) is 1.51. The molecule has 1 rings (SSSR count). The van der Waals surface area contributed by atoms with Crippen molar-refractivity contribution in [1.29, 1.82) is 0 Å². The molecule has 5 heteroatoms. The summed E-state index contributed by atoms with van der Waals surface area (Å²) in [5.74, 6) is -0.00305. The summed E-state index contributed by atoms with van der Waals surface area (Å²) in [5.41, 5.74) is 0.894. The maximum Gasteiger partial charge on any atom is 0.320 e. The van der Waals surface area contributed by atoms with E-state index in [0.29, 0.717) is 12.4 Å². The summed E-state index contributed by atoms with van der Waals surface area (Å²) in [6, 6.07) is -0.527. The second-order valence-corrected chi connectivity index (χ2v) is 4.22. The highest BCUT2D eigenvalue weighted by Crippen LogP contribution is 2.08. The van der Waals surface area contributed by atoms with E-state index in [2.05, 4.69) is 15.3 Å². The van der Waals surface area contributed by atoms with Crippen molar-refractivity contribution < 1.29 is 9.90 Å². The second kappa shape index (κ2) is 6.30. The number of rotatable bonds is 6. The van der Waals surface area contributed by atoms with Crippen molar-refractivity contribution in [3.05, 3.63) is 23.8 Å². The van der Waals surface area contributed by atoms with Gasteiger partial charge >= 0.3 is 5.97 Å². The summed E-state index contributed by atoms with van der Waals surface area (Å²) >= 11 is 0. The van der Waals surface area contributed by atoms with E-state index < -0.39 is 12.0 Å². The van der Waals surface area contributed by atoms with E-state index in [1.54, 1.807) is 12.4 Å². The number of aryl methyl sites for hydroxylation is 1. The minimum atomic E-state index is -0.813. The number of carboxylic acids is 1. The minimum absolute atomic E-state index is 0.0962. The monoisotopic (exact) mass is 237 g/mol. The van der Waals surface area contributed by atoms with Crippen LogP contribution in [0, 0.1) is 12.8 Å². The molecule has 0 spiro atoms. The number of hydrogen-bond donors (Lipinski definition) is 2. The summed E-state index contributed by atoms with van der Waals surface area (Å²) in [6.07, 6.45) is 4.25. The van der Waals surface area contributed by atoms with Crippen LogP contribution in [0.25, 0.3) is 0 Å². The third kappa shape index (κ3) is 4.11. The van der Waals surface area contributed by atoms with E-state index >= 15 is 0 Å². The summed E-state index contributed by atoms with van der Waals surface area (Å²) in [4.78, 5) is 19.2. The molecule has 0 amide bonds. The number of carbonyl (C=O) groups is 1. The largest absolute Gasteiger partial charge is 0.480 e. The Morgan fingerprint density at radius 2 is 2.06 bits per heavy atom. The molecule has 0 aliphatic carbocycles. The number of nitrogens with zero attached hydrogens (tertiary/aromatic N) is 2. The van der Waals surface area contributed by atoms with Gasteiger partial charge < -0.3 is 5.11 Å². The predicted octanol–water partition coefficient (Wildman–Crippen LogP) is 1.37. The van der Waals surface area contributed by atoms with Crippen LogP contribution >= 0.6 is 0 Å². The van der Waals surface area contributed by atoms with E-state index in [1.807, 2.05) is 20.8 Å². The molecule has 0 bridgehead atoms. The zero-order valence-electron chi connectivity index (χ0n) is 10.5. The summed E-state index contributed by atoms with van der Waals surface area (Å²) in [5, 5.41) is 12.1. The molecule has 2 atom stereocenters. The maximum absolute atomic E-state index is 11.1. The molecule has 17 heavy (non-hydrogen) atoms. The number of aromatic nitrogens is 2. The standard InChI is InChI=1S/C12H19N3O2/c1-4-8(2)11(12(16)17)15-7-10-5-13-9(3)14-6-10/h5-6,8,11,15H,4,7H2,1-3H3,(H,16,17)/t8-,11+/m1/s1. The summed E-state index contributed by atoms with van der Waals surface area (Å²) < 4.78 is 0. The first kappa shape index (κ1) is 13.6. The van der Waals surface area contributed by atoms with E-state index in [4.69, 9.17) is 5.11 Å². The van der Waals surface area contributed by atoms with Crippen LogP contribution in [0.1, 0.15) is 31.7 Å². The van der Waals surface area contributed by atoms with E-state index in [9.17, 15) is 4.79 Å². The average Bonchev–Trinajstić information content (AvgIpc) is 2.31. The number of hydrogen-bond acceptors (Lipinski definition) is 4. The molecule has 2 N–H and O–H groups in total. The van der Waals surface area contributed by atoms with Crippen LogP contribution in [0.4, 0.5) is 0 Å². The molecule has 94 valence electrons. The Labute approximate surface area is 101 Å². The van der Waals surface area contributed by atoms with Gasteiger partial charge in [-0.25, -0.2) is 9.97 Å². The highest BCUT2D eigenvalue weighted by atomic mass is 16.4. The van der Waals surface area contributed by atoms with Crippen molar-refractivity contribution in [3.63, 3.8) is 0 Å². The Balaban J connectivity index is 2.57. The van der Waals surface area contributed by atoms with Gasteiger partial charge in [0.15, 0.2) is 0 Å². The Hall–Kier alpha value is -1.49. The number of carboxylic acid groups (broad SMARTS) is 1. The third-order valence-electron chi connectivity index (χ3n) is 2.84. The van der Waals surface area contributed by atoms with Crippen molar-refractivity contribution in [2.24, 2.45) is 5.92 Å². The van der Waals surface area contributed by atoms with Crippen LogP contribution in [0.3, 0.4) is 0 Å². The lowest BCUT2D eigenvalue weighted by atomic mass is 9.99. The molecular formula is C12H19N3O2. The average molecular weight is 237 g/mol. The number of nitrogens with one attached hydrogen (secondary N) is 1. The lowest BCUT2D eigenvalue weighted by Crippen LogP contribution is -2.41. The highest BCUT2D eigenvalue weighted by Gasteiger charge is 2.22. The first-order chi connectivity index (χ1) is 8.04. The summed E-state index contributed by atoms with van der Waals surface area (Å²) in [7, 11) is 0. The zero-order chi connectivity index (χ0) is 12.8. The van der Waals surface area contributed by atoms with Crippen molar-refractivity contribution in [1.82, 2.24) is 15.3 Å². The lowest BCUT2D eigenvalue weighted by molar-refractivity contribution is -0.140. The van der Waals surface area contributed by atoms with Crippen LogP contribution in [-0.2, 0) is 11.3 Å². The van der Waals surface area contributed by atoms with Gasteiger partial charge in [0.25, 0.3) is 0 Å². The van der Waals surface area contributed by atoms with Crippen molar-refractivity contribution in [2.45, 2.75) is 39.8 Å². The molecule has 0 saturated carbocycles. The Bertz CT molecular complexity index is 365. The highest BCUT2D eigenvalue weighted by molar-refractivity contribution is 5.73. The third-order valence-corrected chi connectivity index (χ3v) is 2.84. The van der Waals surface area contributed by atoms with Gasteiger partial charge in [-0.3, -0.25) is 10.1 Å². The molecule has 0 aliphatic heterocycles. The van der Waals surface area contributed by atoms with Crippen LogP contribution in [0.2, 0.25) is 0 Å². The second-order valence-electron chi connectivity index (χ2n) is 4.22. The van der Waals surface area contributed by atoms with Crippen molar-refractivity contribution in [2.75, 3.05) is 0 Å². The van der Waals surface area contributed by atoms with Gasteiger partial charge in [-0.15, -0.1) is 0 Å². The lowest BCUT2D eigenvalue weighted by Gasteiger charge is -2.19. The van der Waals surface area contributed by atoms with Gasteiger partial charge in [-0.2, -0.15) is 0 Å². The van der Waals surface area contributed by atoms with Gasteiger partial charge in [0.2, 0.25) is 0 Å². The zero-order valence-corrected chi connectivity index (χ0v) is 10.5. The Kier molecular flexibility index (Phi) is 5.03. The normalized spacial score (nSPS) is 14.3. The van der Waals surface area contributed by atoms with Gasteiger partial charge in [-0.05, 0) is 12.8 Å². The molecule has 0 fully saturated rings. The van der Waals surface area contributed by atoms with E-state index in [1.165, 1.54) is 0 Å². The minimum Gasteiger partial charge on any atom is -0.480 e.